The summed E-state index contributed by atoms with van der Waals surface area (Å²) in [5, 5.41) is 17.6. The smallest absolute Gasteiger partial charge is 0.255 e. The number of anilines is 2. The second-order valence-electron chi connectivity index (χ2n) is 9.28. The molecule has 5 rings (SSSR count). The molecule has 214 valence electrons. The minimum atomic E-state index is -0.619. The number of carbonyl (C=O) groups excluding carboxylic acids is 2. The first-order valence-corrected chi connectivity index (χ1v) is 15.0. The lowest BCUT2D eigenvalue weighted by Gasteiger charge is -2.17. The second-order valence-corrected chi connectivity index (χ2v) is 11.3. The minimum Gasteiger partial charge on any atom is -0.493 e. The van der Waals surface area contributed by atoms with Crippen LogP contribution >= 0.6 is 23.1 Å². The Morgan fingerprint density at radius 2 is 1.56 bits per heavy atom. The summed E-state index contributed by atoms with van der Waals surface area (Å²) >= 11 is 2.68. The molecule has 7 nitrogen and oxygen atoms in total. The van der Waals surface area contributed by atoms with Gasteiger partial charge in [0.2, 0.25) is 5.91 Å². The number of thioether (sulfide) groups is 1. The van der Waals surface area contributed by atoms with E-state index in [-0.39, 0.29) is 11.8 Å². The molecule has 1 heterocycles. The van der Waals surface area contributed by atoms with Crippen LogP contribution in [0, 0.1) is 11.3 Å². The molecule has 9 heteroatoms. The number of nitrogens with zero attached hydrogens (tertiary/aromatic N) is 1. The van der Waals surface area contributed by atoms with E-state index >= 15 is 0 Å². The van der Waals surface area contributed by atoms with Crippen LogP contribution in [0.25, 0.3) is 11.1 Å². The van der Waals surface area contributed by atoms with E-state index in [1.807, 2.05) is 84.2 Å². The fourth-order valence-electron chi connectivity index (χ4n) is 4.43. The molecule has 0 saturated carbocycles. The molecule has 0 aliphatic carbocycles. The van der Waals surface area contributed by atoms with Crippen LogP contribution in [-0.4, -0.2) is 26.0 Å². The van der Waals surface area contributed by atoms with Crippen molar-refractivity contribution in [3.8, 4) is 28.7 Å². The zero-order chi connectivity index (χ0) is 30.2. The van der Waals surface area contributed by atoms with Crippen LogP contribution in [0.5, 0.6) is 11.5 Å². The molecule has 0 aliphatic rings. The molecule has 5 aromatic rings. The van der Waals surface area contributed by atoms with Gasteiger partial charge in [-0.25, -0.2) is 0 Å². The fourth-order valence-corrected chi connectivity index (χ4v) is 6.44. The summed E-state index contributed by atoms with van der Waals surface area (Å²) in [7, 11) is 3.05. The summed E-state index contributed by atoms with van der Waals surface area (Å²) in [5.41, 5.74) is 3.93. The first kappa shape index (κ1) is 29.5. The van der Waals surface area contributed by atoms with Gasteiger partial charge in [0.1, 0.15) is 16.3 Å². The number of amides is 2. The number of methoxy groups -OCH3 is 2. The van der Waals surface area contributed by atoms with Crippen LogP contribution in [0.2, 0.25) is 0 Å². The Labute approximate surface area is 258 Å². The van der Waals surface area contributed by atoms with Crippen LogP contribution in [0.1, 0.15) is 26.7 Å². The molecule has 0 aliphatic heterocycles. The third-order valence-corrected chi connectivity index (χ3v) is 8.70. The first-order chi connectivity index (χ1) is 21.0. The summed E-state index contributed by atoms with van der Waals surface area (Å²) < 4.78 is 10.6. The predicted octanol–water partition coefficient (Wildman–Crippen LogP) is 8.03. The van der Waals surface area contributed by atoms with Crippen molar-refractivity contribution >= 4 is 45.6 Å². The highest BCUT2D eigenvalue weighted by atomic mass is 32.2. The van der Waals surface area contributed by atoms with E-state index in [1.165, 1.54) is 37.3 Å². The molecular weight excluding hydrogens is 579 g/mol. The van der Waals surface area contributed by atoms with Gasteiger partial charge in [0, 0.05) is 27.1 Å². The second kappa shape index (κ2) is 13.7. The van der Waals surface area contributed by atoms with Crippen LogP contribution in [0.4, 0.5) is 10.7 Å². The maximum atomic E-state index is 13.8. The number of carbonyl (C=O) groups is 2. The van der Waals surface area contributed by atoms with Crippen molar-refractivity contribution in [1.82, 2.24) is 0 Å². The summed E-state index contributed by atoms with van der Waals surface area (Å²) in [4.78, 5) is 27.6. The molecular formula is C34H27N3O4S2. The average Bonchev–Trinajstić information content (AvgIpc) is 3.46. The maximum absolute atomic E-state index is 13.8. The lowest BCUT2D eigenvalue weighted by molar-refractivity contribution is -0.115. The van der Waals surface area contributed by atoms with Crippen LogP contribution in [0.15, 0.2) is 113 Å². The molecule has 2 N–H and O–H groups in total. The molecule has 43 heavy (non-hydrogen) atoms. The summed E-state index contributed by atoms with van der Waals surface area (Å²) in [6.45, 7) is 0. The Kier molecular flexibility index (Phi) is 9.42. The van der Waals surface area contributed by atoms with Gasteiger partial charge in [0.15, 0.2) is 11.5 Å². The van der Waals surface area contributed by atoms with E-state index in [9.17, 15) is 14.9 Å². The Morgan fingerprint density at radius 1 is 0.837 bits per heavy atom. The molecule has 0 bridgehead atoms. The summed E-state index contributed by atoms with van der Waals surface area (Å²) in [6, 6.07) is 33.6. The van der Waals surface area contributed by atoms with Crippen molar-refractivity contribution in [2.24, 2.45) is 0 Å². The first-order valence-electron chi connectivity index (χ1n) is 13.2. The molecule has 1 unspecified atom stereocenters. The van der Waals surface area contributed by atoms with Crippen LogP contribution in [-0.2, 0) is 4.79 Å². The number of benzene rings is 4. The van der Waals surface area contributed by atoms with Crippen molar-refractivity contribution in [2.75, 3.05) is 24.9 Å². The number of ether oxygens (including phenoxy) is 2. The summed E-state index contributed by atoms with van der Waals surface area (Å²) in [6.07, 6.45) is 0. The third kappa shape index (κ3) is 6.89. The topological polar surface area (TPSA) is 100 Å². The lowest BCUT2D eigenvalue weighted by atomic mass is 10.1. The highest BCUT2D eigenvalue weighted by molar-refractivity contribution is 8.00. The minimum absolute atomic E-state index is 0.256. The van der Waals surface area contributed by atoms with Crippen LogP contribution < -0.4 is 20.1 Å². The number of nitrogens with one attached hydrogen (secondary N) is 2. The quantitative estimate of drug-likeness (QED) is 0.156. The Morgan fingerprint density at radius 3 is 2.26 bits per heavy atom. The molecule has 0 fully saturated rings. The maximum Gasteiger partial charge on any atom is 0.255 e. The van der Waals surface area contributed by atoms with E-state index in [0.717, 1.165) is 21.6 Å². The molecule has 2 amide bonds. The van der Waals surface area contributed by atoms with Gasteiger partial charge in [-0.15, -0.1) is 23.1 Å². The van der Waals surface area contributed by atoms with Crippen molar-refractivity contribution in [2.45, 2.75) is 10.1 Å². The van der Waals surface area contributed by atoms with E-state index in [4.69, 9.17) is 9.47 Å². The van der Waals surface area contributed by atoms with Gasteiger partial charge in [-0.1, -0.05) is 66.7 Å². The molecule has 0 radical (unpaired) electrons. The van der Waals surface area contributed by atoms with Crippen LogP contribution in [0.3, 0.4) is 0 Å². The lowest BCUT2D eigenvalue weighted by Crippen LogP contribution is -2.19. The van der Waals surface area contributed by atoms with Gasteiger partial charge in [-0.05, 0) is 47.5 Å². The van der Waals surface area contributed by atoms with Gasteiger partial charge in [-0.3, -0.25) is 9.59 Å². The van der Waals surface area contributed by atoms with E-state index in [1.54, 1.807) is 24.3 Å². The number of hydrogen-bond acceptors (Lipinski definition) is 7. The number of nitriles is 1. The normalized spacial score (nSPS) is 11.2. The van der Waals surface area contributed by atoms with Gasteiger partial charge < -0.3 is 20.1 Å². The van der Waals surface area contributed by atoms with Gasteiger partial charge in [0.25, 0.3) is 5.91 Å². The van der Waals surface area contributed by atoms with Gasteiger partial charge >= 0.3 is 0 Å². The Hall–Kier alpha value is -5.04. The highest BCUT2D eigenvalue weighted by Crippen LogP contribution is 2.40. The van der Waals surface area contributed by atoms with Crippen molar-refractivity contribution < 1.29 is 19.1 Å². The molecule has 0 spiro atoms. The van der Waals surface area contributed by atoms with Crippen molar-refractivity contribution in [3.63, 3.8) is 0 Å². The Bertz CT molecular complexity index is 1780. The zero-order valence-electron chi connectivity index (χ0n) is 23.4. The average molecular weight is 606 g/mol. The third-order valence-electron chi connectivity index (χ3n) is 6.56. The predicted molar refractivity (Wildman–Crippen MR) is 172 cm³/mol. The van der Waals surface area contributed by atoms with Crippen molar-refractivity contribution in [3.05, 3.63) is 125 Å². The molecule has 0 saturated heterocycles. The van der Waals surface area contributed by atoms with Crippen molar-refractivity contribution in [1.29, 1.82) is 5.26 Å². The number of thiophene rings is 1. The fraction of sp³-hybridized carbons (Fsp3) is 0.0882. The number of rotatable bonds is 10. The molecule has 4 aromatic carbocycles. The van der Waals surface area contributed by atoms with E-state index in [2.05, 4.69) is 16.7 Å². The monoisotopic (exact) mass is 605 g/mol. The summed E-state index contributed by atoms with van der Waals surface area (Å²) in [5.74, 6) is 0.422. The molecule has 1 atom stereocenters. The largest absolute Gasteiger partial charge is 0.493 e. The standard InChI is InChI=1S/C34H27N3O4S2/c1-40-29-17-16-24(18-30(29)41-2)32(38)36-25-14-9-15-26(19-25)43-31(23-12-7-4-8-13-23)33(39)37-34-27(20-35)28(21-42-34)22-10-5-3-6-11-22/h3-19,21,31H,1-2H3,(H,36,38)(H,37,39). The molecule has 1 aromatic heterocycles. The Balaban J connectivity index is 1.37. The SMILES string of the molecule is COc1ccc(C(=O)Nc2cccc(SC(C(=O)Nc3scc(-c4ccccc4)c3C#N)c3ccccc3)c2)cc1OC. The van der Waals surface area contributed by atoms with Gasteiger partial charge in [-0.2, -0.15) is 5.26 Å². The zero-order valence-corrected chi connectivity index (χ0v) is 25.0. The number of hydrogen-bond donors (Lipinski definition) is 2. The highest BCUT2D eigenvalue weighted by Gasteiger charge is 2.25. The van der Waals surface area contributed by atoms with Gasteiger partial charge in [0.05, 0.1) is 19.8 Å². The van der Waals surface area contributed by atoms with E-state index in [0.29, 0.717) is 33.3 Å². The van der Waals surface area contributed by atoms with E-state index < -0.39 is 5.25 Å².